The normalized spacial score (nSPS) is 10.7. The zero-order valence-electron chi connectivity index (χ0n) is 12.6. The molecule has 0 saturated carbocycles. The molecule has 1 heterocycles. The van der Waals surface area contributed by atoms with Crippen LogP contribution in [0.25, 0.3) is 10.9 Å². The van der Waals surface area contributed by atoms with Gasteiger partial charge in [0.1, 0.15) is 18.1 Å². The van der Waals surface area contributed by atoms with Gasteiger partial charge in [-0.2, -0.15) is 0 Å². The number of carbonyl (C=O) groups is 1. The average Bonchev–Trinajstić information content (AvgIpc) is 3.02. The van der Waals surface area contributed by atoms with E-state index in [0.29, 0.717) is 35.2 Å². The van der Waals surface area contributed by atoms with Gasteiger partial charge in [0.2, 0.25) is 0 Å². The zero-order valence-corrected chi connectivity index (χ0v) is 13.4. The minimum absolute atomic E-state index is 0.319. The predicted octanol–water partition coefficient (Wildman–Crippen LogP) is 4.58. The van der Waals surface area contributed by atoms with Crippen LogP contribution in [0.1, 0.15) is 23.0 Å². The van der Waals surface area contributed by atoms with E-state index in [2.05, 4.69) is 4.98 Å². The summed E-state index contributed by atoms with van der Waals surface area (Å²) in [4.78, 5) is 14.9. The molecule has 23 heavy (non-hydrogen) atoms. The van der Waals surface area contributed by atoms with Crippen molar-refractivity contribution in [2.45, 2.75) is 13.5 Å². The maximum Gasteiger partial charge on any atom is 0.354 e. The van der Waals surface area contributed by atoms with E-state index in [0.717, 1.165) is 10.9 Å². The van der Waals surface area contributed by atoms with Crippen LogP contribution >= 0.6 is 11.6 Å². The Hall–Kier alpha value is -2.46. The summed E-state index contributed by atoms with van der Waals surface area (Å²) in [5.41, 5.74) is 2.11. The molecule has 0 atom stereocenters. The fraction of sp³-hybridized carbons (Fsp3) is 0.167. The largest absolute Gasteiger partial charge is 0.487 e. The number of rotatable bonds is 5. The van der Waals surface area contributed by atoms with E-state index >= 15 is 0 Å². The smallest absolute Gasteiger partial charge is 0.354 e. The van der Waals surface area contributed by atoms with Crippen molar-refractivity contribution < 1.29 is 14.3 Å². The summed E-state index contributed by atoms with van der Waals surface area (Å²) in [6.45, 7) is 2.52. The number of benzene rings is 2. The first-order valence-electron chi connectivity index (χ1n) is 7.34. The lowest BCUT2D eigenvalue weighted by Gasteiger charge is -2.08. The quantitative estimate of drug-likeness (QED) is 0.697. The summed E-state index contributed by atoms with van der Waals surface area (Å²) in [7, 11) is 0. The number of esters is 1. The standard InChI is InChI=1S/C18H16ClNO3/c1-2-22-18(21)15-10-13-14(19)8-9-16(17(13)20-15)23-11-12-6-4-3-5-7-12/h3-10,20H,2,11H2,1H3. The number of nitrogens with one attached hydrogen (secondary N) is 1. The van der Waals surface area contributed by atoms with Crippen molar-refractivity contribution >= 4 is 28.5 Å². The van der Waals surface area contributed by atoms with E-state index in [-0.39, 0.29) is 0 Å². The van der Waals surface area contributed by atoms with Crippen LogP contribution in [-0.4, -0.2) is 17.6 Å². The molecule has 0 aliphatic carbocycles. The van der Waals surface area contributed by atoms with Crippen LogP contribution in [0.2, 0.25) is 5.02 Å². The minimum Gasteiger partial charge on any atom is -0.487 e. The molecule has 3 aromatic rings. The van der Waals surface area contributed by atoms with Crippen molar-refractivity contribution in [3.63, 3.8) is 0 Å². The first-order valence-corrected chi connectivity index (χ1v) is 7.72. The fourth-order valence-electron chi connectivity index (χ4n) is 2.33. The van der Waals surface area contributed by atoms with Crippen LogP contribution in [0, 0.1) is 0 Å². The molecule has 4 nitrogen and oxygen atoms in total. The third-order valence-corrected chi connectivity index (χ3v) is 3.76. The highest BCUT2D eigenvalue weighted by Crippen LogP contribution is 2.32. The summed E-state index contributed by atoms with van der Waals surface area (Å²) in [6, 6.07) is 15.1. The first-order chi connectivity index (χ1) is 11.2. The molecule has 3 rings (SSSR count). The molecule has 0 spiro atoms. The Balaban J connectivity index is 1.91. The van der Waals surface area contributed by atoms with Gasteiger partial charge in [-0.1, -0.05) is 41.9 Å². The van der Waals surface area contributed by atoms with Crippen molar-refractivity contribution in [1.82, 2.24) is 4.98 Å². The summed E-state index contributed by atoms with van der Waals surface area (Å²) in [5, 5.41) is 1.29. The lowest BCUT2D eigenvalue weighted by Crippen LogP contribution is -2.04. The third-order valence-electron chi connectivity index (χ3n) is 3.43. The predicted molar refractivity (Wildman–Crippen MR) is 90.0 cm³/mol. The highest BCUT2D eigenvalue weighted by atomic mass is 35.5. The molecular formula is C18H16ClNO3. The number of aromatic nitrogens is 1. The molecule has 0 bridgehead atoms. The molecule has 118 valence electrons. The lowest BCUT2D eigenvalue weighted by molar-refractivity contribution is 0.0520. The lowest BCUT2D eigenvalue weighted by atomic mass is 10.2. The number of hydrogen-bond acceptors (Lipinski definition) is 3. The zero-order chi connectivity index (χ0) is 16.2. The van der Waals surface area contributed by atoms with E-state index in [1.165, 1.54) is 0 Å². The molecule has 0 radical (unpaired) electrons. The van der Waals surface area contributed by atoms with Crippen molar-refractivity contribution in [3.05, 3.63) is 64.8 Å². The maximum absolute atomic E-state index is 11.9. The van der Waals surface area contributed by atoms with E-state index in [1.54, 1.807) is 25.1 Å². The monoisotopic (exact) mass is 329 g/mol. The number of carbonyl (C=O) groups excluding carboxylic acids is 1. The van der Waals surface area contributed by atoms with Crippen molar-refractivity contribution in [1.29, 1.82) is 0 Å². The van der Waals surface area contributed by atoms with Gasteiger partial charge in [0.25, 0.3) is 0 Å². The highest BCUT2D eigenvalue weighted by molar-refractivity contribution is 6.35. The van der Waals surface area contributed by atoms with Crippen LogP contribution in [0.5, 0.6) is 5.75 Å². The number of aromatic amines is 1. The summed E-state index contributed by atoms with van der Waals surface area (Å²) < 4.78 is 10.9. The Morgan fingerprint density at radius 2 is 1.96 bits per heavy atom. The Morgan fingerprint density at radius 3 is 2.70 bits per heavy atom. The van der Waals surface area contributed by atoms with E-state index in [4.69, 9.17) is 21.1 Å². The Morgan fingerprint density at radius 1 is 1.17 bits per heavy atom. The summed E-state index contributed by atoms with van der Waals surface area (Å²) >= 11 is 6.21. The van der Waals surface area contributed by atoms with Gasteiger partial charge in [0.15, 0.2) is 0 Å². The Labute approximate surface area is 139 Å². The van der Waals surface area contributed by atoms with Gasteiger partial charge in [0, 0.05) is 5.39 Å². The molecule has 5 heteroatoms. The third kappa shape index (κ3) is 3.32. The van der Waals surface area contributed by atoms with Crippen LogP contribution in [0.15, 0.2) is 48.5 Å². The van der Waals surface area contributed by atoms with Gasteiger partial charge in [-0.25, -0.2) is 4.79 Å². The van der Waals surface area contributed by atoms with Crippen molar-refractivity contribution in [2.75, 3.05) is 6.61 Å². The Bertz CT molecular complexity index is 827. The van der Waals surface area contributed by atoms with E-state index < -0.39 is 5.97 Å². The fourth-order valence-corrected chi connectivity index (χ4v) is 2.55. The number of ether oxygens (including phenoxy) is 2. The number of hydrogen-bond donors (Lipinski definition) is 1. The molecule has 0 aliphatic heterocycles. The SMILES string of the molecule is CCOC(=O)c1cc2c(Cl)ccc(OCc3ccccc3)c2[nH]1. The molecule has 0 unspecified atom stereocenters. The molecule has 1 aromatic heterocycles. The van der Waals surface area contributed by atoms with Crippen LogP contribution in [-0.2, 0) is 11.3 Å². The van der Waals surface area contributed by atoms with Gasteiger partial charge in [-0.05, 0) is 30.7 Å². The van der Waals surface area contributed by atoms with Gasteiger partial charge < -0.3 is 14.5 Å². The van der Waals surface area contributed by atoms with Crippen molar-refractivity contribution in [2.24, 2.45) is 0 Å². The highest BCUT2D eigenvalue weighted by Gasteiger charge is 2.15. The minimum atomic E-state index is -0.409. The number of halogens is 1. The van der Waals surface area contributed by atoms with Crippen molar-refractivity contribution in [3.8, 4) is 5.75 Å². The Kier molecular flexibility index (Phi) is 4.53. The topological polar surface area (TPSA) is 51.3 Å². The number of H-pyrrole nitrogens is 1. The maximum atomic E-state index is 11.9. The second kappa shape index (κ2) is 6.75. The molecule has 0 fully saturated rings. The molecule has 0 saturated heterocycles. The molecule has 2 aromatic carbocycles. The number of fused-ring (bicyclic) bond motifs is 1. The first kappa shape index (κ1) is 15.4. The van der Waals surface area contributed by atoms with Gasteiger partial charge in [0.05, 0.1) is 17.1 Å². The summed E-state index contributed by atoms with van der Waals surface area (Å²) in [6.07, 6.45) is 0. The molecule has 0 aliphatic rings. The second-order valence-corrected chi connectivity index (χ2v) is 5.42. The summed E-state index contributed by atoms with van der Waals surface area (Å²) in [5.74, 6) is 0.234. The van der Waals surface area contributed by atoms with E-state index in [1.807, 2.05) is 30.3 Å². The molecular weight excluding hydrogens is 314 g/mol. The van der Waals surface area contributed by atoms with Gasteiger partial charge >= 0.3 is 5.97 Å². The van der Waals surface area contributed by atoms with Crippen LogP contribution in [0.4, 0.5) is 0 Å². The van der Waals surface area contributed by atoms with Gasteiger partial charge in [-0.3, -0.25) is 0 Å². The van der Waals surface area contributed by atoms with Crippen LogP contribution < -0.4 is 4.74 Å². The second-order valence-electron chi connectivity index (χ2n) is 5.01. The molecule has 1 N–H and O–H groups in total. The van der Waals surface area contributed by atoms with Gasteiger partial charge in [-0.15, -0.1) is 0 Å². The van der Waals surface area contributed by atoms with Crippen LogP contribution in [0.3, 0.4) is 0 Å². The molecule has 0 amide bonds. The van der Waals surface area contributed by atoms with E-state index in [9.17, 15) is 4.79 Å². The average molecular weight is 330 g/mol.